The number of rotatable bonds is 6. The molecule has 1 aromatic carbocycles. The number of aliphatic hydroxyl groups excluding tert-OH is 1. The third-order valence-corrected chi connectivity index (χ3v) is 7.97. The fourth-order valence-electron chi connectivity index (χ4n) is 5.31. The van der Waals surface area contributed by atoms with Gasteiger partial charge in [0.1, 0.15) is 12.0 Å². The van der Waals surface area contributed by atoms with Crippen molar-refractivity contribution in [3.63, 3.8) is 0 Å². The Morgan fingerprint density at radius 2 is 2.03 bits per heavy atom. The second kappa shape index (κ2) is 10.8. The van der Waals surface area contributed by atoms with Crippen LogP contribution in [0.5, 0.6) is 0 Å². The molecule has 0 aliphatic heterocycles. The fourth-order valence-corrected chi connectivity index (χ4v) is 5.31. The predicted molar refractivity (Wildman–Crippen MR) is 139 cm³/mol. The van der Waals surface area contributed by atoms with E-state index in [9.17, 15) is 4.79 Å². The highest BCUT2D eigenvalue weighted by molar-refractivity contribution is 5.88. The lowest BCUT2D eigenvalue weighted by Crippen LogP contribution is -2.24. The van der Waals surface area contributed by atoms with Gasteiger partial charge in [0.2, 0.25) is 0 Å². The van der Waals surface area contributed by atoms with Crippen LogP contribution in [0.2, 0.25) is 0 Å². The molecule has 0 bridgehead atoms. The molecule has 0 radical (unpaired) electrons. The van der Waals surface area contributed by atoms with Crippen LogP contribution in [0.15, 0.2) is 24.3 Å². The number of carbonyl (C=O) groups excluding carboxylic acids is 1. The largest absolute Gasteiger partial charge is 0.395 e. The van der Waals surface area contributed by atoms with Crippen LogP contribution >= 0.6 is 0 Å². The molecule has 0 spiro atoms. The number of aromatic nitrogens is 3. The summed E-state index contributed by atoms with van der Waals surface area (Å²) in [5.41, 5.74) is 7.43. The summed E-state index contributed by atoms with van der Waals surface area (Å²) in [5, 5.41) is 18.3. The number of likely N-dealkylation sites (N-methyl/N-ethyl adjacent to an activating group) is 1. The van der Waals surface area contributed by atoms with Crippen molar-refractivity contribution < 1.29 is 9.90 Å². The number of nitrogens with zero attached hydrogens (tertiary/aromatic N) is 2. The minimum atomic E-state index is 0.153. The third kappa shape index (κ3) is 5.38. The number of aromatic amines is 2. The van der Waals surface area contributed by atoms with Gasteiger partial charge in [-0.05, 0) is 55.7 Å². The van der Waals surface area contributed by atoms with E-state index >= 15 is 0 Å². The molecule has 2 heterocycles. The van der Waals surface area contributed by atoms with E-state index in [0.717, 1.165) is 54.6 Å². The van der Waals surface area contributed by atoms with Gasteiger partial charge in [-0.25, -0.2) is 0 Å². The molecule has 34 heavy (non-hydrogen) atoms. The normalized spacial score (nSPS) is 20.5. The molecule has 6 heteroatoms. The van der Waals surface area contributed by atoms with Gasteiger partial charge in [0.25, 0.3) is 0 Å². The van der Waals surface area contributed by atoms with Crippen molar-refractivity contribution in [2.75, 3.05) is 25.1 Å². The summed E-state index contributed by atoms with van der Waals surface area (Å²) >= 11 is 0. The van der Waals surface area contributed by atoms with Crippen molar-refractivity contribution in [1.82, 2.24) is 15.2 Å². The zero-order valence-corrected chi connectivity index (χ0v) is 21.0. The fraction of sp³-hybridized carbons (Fsp3) is 0.571. The van der Waals surface area contributed by atoms with Gasteiger partial charge in [-0.2, -0.15) is 5.10 Å². The maximum absolute atomic E-state index is 10.2. The maximum Gasteiger partial charge on any atom is 0.123 e. The molecular formula is C28H40N4O2. The van der Waals surface area contributed by atoms with Gasteiger partial charge in [-0.15, -0.1) is 0 Å². The van der Waals surface area contributed by atoms with E-state index < -0.39 is 0 Å². The first kappa shape index (κ1) is 24.5. The molecule has 2 aliphatic rings. The van der Waals surface area contributed by atoms with E-state index in [4.69, 9.17) is 5.11 Å². The Kier molecular flexibility index (Phi) is 7.77. The number of aliphatic hydroxyl groups is 1. The summed E-state index contributed by atoms with van der Waals surface area (Å²) in [7, 11) is 2.00. The first-order valence-corrected chi connectivity index (χ1v) is 12.9. The number of H-pyrrole nitrogens is 2. The lowest BCUT2D eigenvalue weighted by molar-refractivity contribution is -0.111. The second-order valence-electron chi connectivity index (χ2n) is 10.5. The van der Waals surface area contributed by atoms with E-state index in [1.165, 1.54) is 48.7 Å². The Balaban J connectivity index is 0.000000291. The van der Waals surface area contributed by atoms with Crippen molar-refractivity contribution in [2.45, 2.75) is 71.6 Å². The van der Waals surface area contributed by atoms with Gasteiger partial charge >= 0.3 is 0 Å². The van der Waals surface area contributed by atoms with Gasteiger partial charge in [0.05, 0.1) is 12.3 Å². The van der Waals surface area contributed by atoms with Crippen LogP contribution in [0.25, 0.3) is 22.3 Å². The Morgan fingerprint density at radius 3 is 2.71 bits per heavy atom. The van der Waals surface area contributed by atoms with Crippen molar-refractivity contribution in [3.8, 4) is 11.4 Å². The van der Waals surface area contributed by atoms with Gasteiger partial charge < -0.3 is 19.8 Å². The standard InChI is InChI=1S/C21H28N4O.C7H12O/c1-4-21(2)8-7-16-19(13-21)23-24-20(16)18-11-14-5-6-15(12-17(14)22-18)25(3)9-10-26;8-6-7-4-2-1-3-5-7/h5-6,11-12,22,26H,4,7-10,13H2,1-3H3,(H,23,24);6-7H,1-5H2. The average molecular weight is 465 g/mol. The molecule has 2 aliphatic carbocycles. The lowest BCUT2D eigenvalue weighted by Gasteiger charge is -2.32. The topological polar surface area (TPSA) is 85.0 Å². The molecule has 0 amide bonds. The average Bonchev–Trinajstić information content (AvgIpc) is 3.48. The number of anilines is 1. The van der Waals surface area contributed by atoms with Crippen LogP contribution in [0.4, 0.5) is 5.69 Å². The van der Waals surface area contributed by atoms with E-state index in [-0.39, 0.29) is 6.61 Å². The second-order valence-corrected chi connectivity index (χ2v) is 10.5. The van der Waals surface area contributed by atoms with Crippen molar-refractivity contribution >= 4 is 22.9 Å². The number of carbonyl (C=O) groups is 1. The number of nitrogens with one attached hydrogen (secondary N) is 2. The zero-order chi connectivity index (χ0) is 24.1. The van der Waals surface area contributed by atoms with Crippen LogP contribution in [0, 0.1) is 11.3 Å². The summed E-state index contributed by atoms with van der Waals surface area (Å²) in [6.45, 7) is 5.44. The minimum absolute atomic E-state index is 0.153. The summed E-state index contributed by atoms with van der Waals surface area (Å²) in [4.78, 5) is 15.8. The predicted octanol–water partition coefficient (Wildman–Crippen LogP) is 5.66. The maximum atomic E-state index is 10.2. The molecule has 2 aromatic heterocycles. The van der Waals surface area contributed by atoms with Crippen LogP contribution in [0.3, 0.4) is 0 Å². The summed E-state index contributed by atoms with van der Waals surface area (Å²) in [6.07, 6.45) is 11.9. The van der Waals surface area contributed by atoms with Crippen LogP contribution in [0.1, 0.15) is 70.1 Å². The first-order valence-electron chi connectivity index (χ1n) is 12.9. The highest BCUT2D eigenvalue weighted by atomic mass is 16.3. The van der Waals surface area contributed by atoms with E-state index in [2.05, 4.69) is 58.2 Å². The summed E-state index contributed by atoms with van der Waals surface area (Å²) < 4.78 is 0. The molecule has 6 nitrogen and oxygen atoms in total. The molecule has 184 valence electrons. The third-order valence-electron chi connectivity index (χ3n) is 7.97. The van der Waals surface area contributed by atoms with Gasteiger partial charge in [-0.3, -0.25) is 5.10 Å². The van der Waals surface area contributed by atoms with Crippen molar-refractivity contribution in [3.05, 3.63) is 35.5 Å². The van der Waals surface area contributed by atoms with Gasteiger partial charge in [-0.1, -0.05) is 45.6 Å². The number of aldehydes is 1. The highest BCUT2D eigenvalue weighted by Crippen LogP contribution is 2.40. The van der Waals surface area contributed by atoms with E-state index in [1.54, 1.807) is 0 Å². The van der Waals surface area contributed by atoms with Crippen LogP contribution < -0.4 is 4.90 Å². The summed E-state index contributed by atoms with van der Waals surface area (Å²) in [5.74, 6) is 0.406. The SMILES string of the molecule is CCC1(C)CCc2c(-c3cc4ccc(N(C)CCO)cc4[nH]3)n[nH]c2C1.O=CC1CCCCC1. The van der Waals surface area contributed by atoms with E-state index in [1.807, 2.05) is 7.05 Å². The molecule has 0 saturated heterocycles. The van der Waals surface area contributed by atoms with Crippen LogP contribution in [-0.4, -0.2) is 46.8 Å². The Morgan fingerprint density at radius 1 is 1.24 bits per heavy atom. The molecule has 3 aromatic rings. The Bertz CT molecular complexity index is 1100. The monoisotopic (exact) mass is 464 g/mol. The van der Waals surface area contributed by atoms with Crippen molar-refractivity contribution in [1.29, 1.82) is 0 Å². The molecule has 1 fully saturated rings. The molecule has 1 unspecified atom stereocenters. The van der Waals surface area contributed by atoms with E-state index in [0.29, 0.717) is 17.9 Å². The van der Waals surface area contributed by atoms with Gasteiger partial charge in [0.15, 0.2) is 0 Å². The number of hydrogen-bond acceptors (Lipinski definition) is 4. The minimum Gasteiger partial charge on any atom is -0.395 e. The van der Waals surface area contributed by atoms with Crippen molar-refractivity contribution in [2.24, 2.45) is 11.3 Å². The summed E-state index contributed by atoms with van der Waals surface area (Å²) in [6, 6.07) is 8.56. The molecule has 1 atom stereocenters. The molecule has 1 saturated carbocycles. The first-order chi connectivity index (χ1) is 16.5. The molecule has 3 N–H and O–H groups in total. The lowest BCUT2D eigenvalue weighted by atomic mass is 9.73. The molecule has 5 rings (SSSR count). The quantitative estimate of drug-likeness (QED) is 0.411. The highest BCUT2D eigenvalue weighted by Gasteiger charge is 2.31. The number of fused-ring (bicyclic) bond motifs is 2. The number of benzene rings is 1. The Hall–Kier alpha value is -2.60. The Labute approximate surface area is 203 Å². The number of hydrogen-bond donors (Lipinski definition) is 3. The zero-order valence-electron chi connectivity index (χ0n) is 21.0. The van der Waals surface area contributed by atoms with Crippen LogP contribution in [-0.2, 0) is 17.6 Å². The van der Waals surface area contributed by atoms with Gasteiger partial charge in [0, 0.05) is 47.4 Å². The smallest absolute Gasteiger partial charge is 0.123 e. The molecular weight excluding hydrogens is 424 g/mol.